The highest BCUT2D eigenvalue weighted by Gasteiger charge is 2.37. The van der Waals surface area contributed by atoms with Gasteiger partial charge < -0.3 is 59.7 Å². The zero-order chi connectivity index (χ0) is 41.1. The number of nitrogens with two attached hydrogens (primary N) is 4. The molecule has 1 radical (unpaired) electrons. The van der Waals surface area contributed by atoms with Crippen LogP contribution in [0.4, 0.5) is 0 Å². The fraction of sp³-hybridized carbons (Fsp3) is 0.500. The van der Waals surface area contributed by atoms with E-state index in [4.69, 9.17) is 28.3 Å². The topological polar surface area (TPSA) is 385 Å². The second-order valence-corrected chi connectivity index (χ2v) is 12.1. The van der Waals surface area contributed by atoms with Gasteiger partial charge in [0.25, 0.3) is 5.91 Å². The number of aromatic hydroxyl groups is 1. The lowest BCUT2D eigenvalue weighted by Crippen LogP contribution is -2.60. The highest BCUT2D eigenvalue weighted by molar-refractivity contribution is 6.03. The lowest BCUT2D eigenvalue weighted by atomic mass is 10.0. The van der Waals surface area contributed by atoms with Gasteiger partial charge in [0.05, 0.1) is 19.1 Å². The molecular formula is C32H48N11O11. The first-order chi connectivity index (χ1) is 25.3. The van der Waals surface area contributed by atoms with Crippen molar-refractivity contribution in [3.8, 4) is 5.75 Å². The van der Waals surface area contributed by atoms with Crippen LogP contribution in [0.2, 0.25) is 0 Å². The Morgan fingerprint density at radius 3 is 1.93 bits per heavy atom. The molecule has 0 saturated heterocycles. The van der Waals surface area contributed by atoms with Gasteiger partial charge in [0.15, 0.2) is 5.96 Å². The third-order valence-electron chi connectivity index (χ3n) is 7.63. The number of nitrogens with zero attached hydrogens (tertiary/aromatic N) is 1. The van der Waals surface area contributed by atoms with E-state index in [1.165, 1.54) is 31.2 Å². The molecule has 297 valence electrons. The van der Waals surface area contributed by atoms with E-state index in [0.717, 1.165) is 6.92 Å². The molecule has 16 N–H and O–H groups in total. The highest BCUT2D eigenvalue weighted by atomic mass is 16.3. The second-order valence-electron chi connectivity index (χ2n) is 12.1. The number of rotatable bonds is 23. The smallest absolute Gasteiger partial charge is 0.252 e. The Morgan fingerprint density at radius 2 is 1.41 bits per heavy atom. The van der Waals surface area contributed by atoms with Crippen LogP contribution in [0, 0.1) is 5.41 Å². The van der Waals surface area contributed by atoms with Crippen LogP contribution in [0.1, 0.15) is 51.5 Å². The molecule has 54 heavy (non-hydrogen) atoms. The van der Waals surface area contributed by atoms with E-state index in [1.54, 1.807) is 6.29 Å². The molecule has 0 aliphatic carbocycles. The minimum atomic E-state index is -1.88. The van der Waals surface area contributed by atoms with Crippen molar-refractivity contribution in [2.45, 2.75) is 88.6 Å². The molecule has 22 nitrogen and oxygen atoms in total. The summed E-state index contributed by atoms with van der Waals surface area (Å²) in [5.41, 5.74) is 22.0. The van der Waals surface area contributed by atoms with Gasteiger partial charge in [-0.1, -0.05) is 12.1 Å². The first-order valence-corrected chi connectivity index (χ1v) is 16.5. The standard InChI is InChI=1S/C32H48N11O11/c1-16(39-28(51)21(33)4-3-11-38-32(36)37)27(50)42-24(15-45)30(53)40-22(9-10-25(34)48)29(52)41-23(13-26(35)49)31(54)43(17(2)46)19(14-44)12-18-5-7-20(47)8-6-18/h5-8,16,19,21-24,45,47H,3-4,9-13,15,33H2,1-2H3,(H2,34,48)(H2,35,49)(H,39,51)(H,40,53)(H,41,52)(H,42,50)(H4,36,37,38)/t16-,19-,21-,22-,23-,24-/m0/s1. The van der Waals surface area contributed by atoms with Crippen LogP contribution in [0.5, 0.6) is 5.75 Å². The molecule has 1 rings (SSSR count). The molecule has 6 atom stereocenters. The Kier molecular flexibility index (Phi) is 19.3. The lowest BCUT2D eigenvalue weighted by Gasteiger charge is -2.30. The number of primary amides is 2. The summed E-state index contributed by atoms with van der Waals surface area (Å²) in [6.45, 7) is 1.48. The Morgan fingerprint density at radius 1 is 0.833 bits per heavy atom. The van der Waals surface area contributed by atoms with Gasteiger partial charge in [-0.05, 0) is 43.9 Å². The average Bonchev–Trinajstić information content (AvgIpc) is 3.09. The van der Waals surface area contributed by atoms with Gasteiger partial charge >= 0.3 is 0 Å². The van der Waals surface area contributed by atoms with Crippen LogP contribution in [-0.4, -0.2) is 124 Å². The first-order valence-electron chi connectivity index (χ1n) is 16.5. The molecular weight excluding hydrogens is 714 g/mol. The van der Waals surface area contributed by atoms with Gasteiger partial charge in [-0.15, -0.1) is 0 Å². The van der Waals surface area contributed by atoms with Gasteiger partial charge in [0, 0.05) is 26.3 Å². The molecule has 0 spiro atoms. The molecule has 0 aliphatic rings. The van der Waals surface area contributed by atoms with Crippen molar-refractivity contribution in [3.63, 3.8) is 0 Å². The lowest BCUT2D eigenvalue weighted by molar-refractivity contribution is -0.148. The fourth-order valence-electron chi connectivity index (χ4n) is 4.79. The van der Waals surface area contributed by atoms with Crippen LogP contribution in [0.15, 0.2) is 24.3 Å². The largest absolute Gasteiger partial charge is 0.508 e. The molecule has 0 saturated carbocycles. The highest BCUT2D eigenvalue weighted by Crippen LogP contribution is 2.15. The van der Waals surface area contributed by atoms with Gasteiger partial charge in [-0.25, -0.2) is 0 Å². The third kappa shape index (κ3) is 16.0. The minimum Gasteiger partial charge on any atom is -0.508 e. The van der Waals surface area contributed by atoms with Gasteiger partial charge in [-0.3, -0.25) is 53.5 Å². The molecule has 0 heterocycles. The fourth-order valence-corrected chi connectivity index (χ4v) is 4.79. The van der Waals surface area contributed by atoms with E-state index in [-0.39, 0.29) is 31.1 Å². The Hall–Kier alpha value is -6.16. The normalized spacial score (nSPS) is 14.0. The summed E-state index contributed by atoms with van der Waals surface area (Å²) in [7, 11) is 0. The third-order valence-corrected chi connectivity index (χ3v) is 7.63. The first kappa shape index (κ1) is 45.9. The summed E-state index contributed by atoms with van der Waals surface area (Å²) < 4.78 is 0. The second kappa shape index (κ2) is 22.7. The minimum absolute atomic E-state index is 0.0908. The number of carbonyl (C=O) groups excluding carboxylic acids is 9. The van der Waals surface area contributed by atoms with Crippen molar-refractivity contribution in [1.29, 1.82) is 5.41 Å². The number of hydrogen-bond acceptors (Lipinski definition) is 13. The SMILES string of the molecule is CC(=O)N(C(=O)[C@H](CC(N)=O)NC(=O)[C@H](CCC(N)=O)NC(=O)[C@H](CO)NC(=O)[C@H](C)NC(=O)[C@@H](N)CCCNC(=N)N)[C@H]([C]=O)Cc1ccc(O)cc1. The van der Waals surface area contributed by atoms with Crippen LogP contribution in [0.3, 0.4) is 0 Å². The average molecular weight is 763 g/mol. The molecule has 0 aromatic heterocycles. The summed E-state index contributed by atoms with van der Waals surface area (Å²) in [5.74, 6) is -8.58. The van der Waals surface area contributed by atoms with Gasteiger partial charge in [0.2, 0.25) is 47.6 Å². The van der Waals surface area contributed by atoms with Crippen molar-refractivity contribution in [3.05, 3.63) is 29.8 Å². The maximum Gasteiger partial charge on any atom is 0.252 e. The number of phenolic OH excluding ortho intramolecular Hbond substituents is 1. The van der Waals surface area contributed by atoms with Crippen molar-refractivity contribution in [2.24, 2.45) is 22.9 Å². The number of aliphatic hydroxyl groups is 1. The van der Waals surface area contributed by atoms with E-state index < -0.39 is 109 Å². The summed E-state index contributed by atoms with van der Waals surface area (Å²) in [5, 5.41) is 38.1. The van der Waals surface area contributed by atoms with E-state index in [0.29, 0.717) is 16.9 Å². The molecule has 1 aromatic rings. The van der Waals surface area contributed by atoms with E-state index >= 15 is 0 Å². The molecule has 1 aromatic carbocycles. The number of phenols is 1. The number of amides is 8. The van der Waals surface area contributed by atoms with Crippen molar-refractivity contribution < 1.29 is 53.4 Å². The zero-order valence-electron chi connectivity index (χ0n) is 29.8. The van der Waals surface area contributed by atoms with E-state index in [2.05, 4.69) is 26.6 Å². The molecule has 0 fully saturated rings. The number of hydrogen-bond donors (Lipinski definition) is 12. The maximum atomic E-state index is 13.6. The monoisotopic (exact) mass is 762 g/mol. The number of aliphatic hydroxyl groups excluding tert-OH is 1. The number of guanidine groups is 1. The maximum absolute atomic E-state index is 13.6. The van der Waals surface area contributed by atoms with Crippen molar-refractivity contribution >= 4 is 59.5 Å². The molecule has 0 aliphatic heterocycles. The number of nitrogens with one attached hydrogen (secondary N) is 6. The number of imide groups is 1. The Labute approximate surface area is 310 Å². The van der Waals surface area contributed by atoms with Crippen LogP contribution in [-0.2, 0) is 49.6 Å². The summed E-state index contributed by atoms with van der Waals surface area (Å²) >= 11 is 0. The Bertz CT molecular complexity index is 1540. The van der Waals surface area contributed by atoms with E-state index in [1.807, 2.05) is 0 Å². The molecule has 0 unspecified atom stereocenters. The summed E-state index contributed by atoms with van der Waals surface area (Å²) in [6, 6.07) is -3.69. The van der Waals surface area contributed by atoms with Crippen LogP contribution in [0.25, 0.3) is 0 Å². The van der Waals surface area contributed by atoms with Gasteiger partial charge in [0.1, 0.15) is 36.0 Å². The zero-order valence-corrected chi connectivity index (χ0v) is 29.8. The predicted octanol–water partition coefficient (Wildman–Crippen LogP) is -5.53. The summed E-state index contributed by atoms with van der Waals surface area (Å²) in [6.07, 6.45) is 0.00669. The Balaban J connectivity index is 3.14. The van der Waals surface area contributed by atoms with Crippen LogP contribution >= 0.6 is 0 Å². The number of carbonyl (C=O) groups is 8. The predicted molar refractivity (Wildman–Crippen MR) is 189 cm³/mol. The summed E-state index contributed by atoms with van der Waals surface area (Å²) in [4.78, 5) is 114. The van der Waals surface area contributed by atoms with E-state index in [9.17, 15) is 53.4 Å². The number of benzene rings is 1. The molecule has 8 amide bonds. The quantitative estimate of drug-likeness (QED) is 0.0281. The molecule has 22 heteroatoms. The van der Waals surface area contributed by atoms with Crippen molar-refractivity contribution in [1.82, 2.24) is 31.5 Å². The van der Waals surface area contributed by atoms with Gasteiger partial charge in [-0.2, -0.15) is 0 Å². The molecule has 0 bridgehead atoms. The van der Waals surface area contributed by atoms with Crippen molar-refractivity contribution in [2.75, 3.05) is 13.2 Å². The van der Waals surface area contributed by atoms with Crippen LogP contribution < -0.4 is 49.5 Å².